The van der Waals surface area contributed by atoms with Gasteiger partial charge in [-0.1, -0.05) is 30.3 Å². The van der Waals surface area contributed by atoms with Crippen LogP contribution in [-0.4, -0.2) is 21.9 Å². The molecule has 27 heavy (non-hydrogen) atoms. The number of hydrogen-bond donors (Lipinski definition) is 1. The predicted molar refractivity (Wildman–Crippen MR) is 109 cm³/mol. The van der Waals surface area contributed by atoms with Gasteiger partial charge in [-0.25, -0.2) is 9.78 Å². The molecule has 3 aromatic rings. The van der Waals surface area contributed by atoms with Gasteiger partial charge in [0.15, 0.2) is 0 Å². The Balaban J connectivity index is 1.74. The second-order valence-corrected chi connectivity index (χ2v) is 7.55. The largest absolute Gasteiger partial charge is 0.345 e. The molecule has 1 aromatic heterocycles. The van der Waals surface area contributed by atoms with Crippen molar-refractivity contribution in [2.24, 2.45) is 4.99 Å². The molecule has 2 aromatic carbocycles. The molecule has 0 radical (unpaired) electrons. The Labute approximate surface area is 161 Å². The van der Waals surface area contributed by atoms with Crippen LogP contribution in [0.2, 0.25) is 0 Å². The lowest BCUT2D eigenvalue weighted by Crippen LogP contribution is -2.44. The van der Waals surface area contributed by atoms with E-state index in [-0.39, 0.29) is 11.9 Å². The molecule has 0 fully saturated rings. The van der Waals surface area contributed by atoms with E-state index in [1.165, 1.54) is 17.3 Å². The highest BCUT2D eigenvalue weighted by atomic mass is 32.2. The van der Waals surface area contributed by atoms with Gasteiger partial charge in [0, 0.05) is 29.1 Å². The van der Waals surface area contributed by atoms with Gasteiger partial charge in [0.2, 0.25) is 0 Å². The average molecular weight is 376 g/mol. The van der Waals surface area contributed by atoms with Crippen LogP contribution in [0, 0.1) is 13.8 Å². The van der Waals surface area contributed by atoms with Gasteiger partial charge in [-0.15, -0.1) is 11.8 Å². The summed E-state index contributed by atoms with van der Waals surface area (Å²) in [6, 6.07) is 16.3. The fourth-order valence-electron chi connectivity index (χ4n) is 3.19. The third-order valence-corrected chi connectivity index (χ3v) is 5.62. The number of aryl methyl sites for hydroxylation is 2. The van der Waals surface area contributed by atoms with Crippen LogP contribution in [0.4, 0.5) is 5.69 Å². The topological polar surface area (TPSA) is 61.4 Å². The Morgan fingerprint density at radius 2 is 1.89 bits per heavy atom. The van der Waals surface area contributed by atoms with Crippen LogP contribution < -0.4 is 21.2 Å². The zero-order chi connectivity index (χ0) is 18.8. The second-order valence-electron chi connectivity index (χ2n) is 6.49. The number of benzene rings is 2. The maximum atomic E-state index is 11.5. The smallest absolute Gasteiger partial charge is 0.324 e. The third kappa shape index (κ3) is 3.66. The lowest BCUT2D eigenvalue weighted by Gasteiger charge is -2.31. The summed E-state index contributed by atoms with van der Waals surface area (Å²) in [6.45, 7) is 4.22. The van der Waals surface area contributed by atoms with Gasteiger partial charge in [0.25, 0.3) is 0 Å². The first-order chi connectivity index (χ1) is 13.1. The lowest BCUT2D eigenvalue weighted by molar-refractivity contribution is 0.735. The average Bonchev–Trinajstić information content (AvgIpc) is 2.67. The van der Waals surface area contributed by atoms with Crippen molar-refractivity contribution < 1.29 is 0 Å². The summed E-state index contributed by atoms with van der Waals surface area (Å²) in [7, 11) is 0. The van der Waals surface area contributed by atoms with Crippen molar-refractivity contribution in [1.82, 2.24) is 9.97 Å². The summed E-state index contributed by atoms with van der Waals surface area (Å²) in [4.78, 5) is 25.1. The first kappa shape index (κ1) is 17.5. The number of rotatable bonds is 4. The number of H-pyrrole nitrogens is 1. The lowest BCUT2D eigenvalue weighted by atomic mass is 10.1. The van der Waals surface area contributed by atoms with Gasteiger partial charge in [-0.05, 0) is 43.2 Å². The molecule has 5 nitrogen and oxygen atoms in total. The summed E-state index contributed by atoms with van der Waals surface area (Å²) in [6.07, 6.45) is 3.66. The number of aromatic nitrogens is 2. The molecule has 1 unspecified atom stereocenters. The highest BCUT2D eigenvalue weighted by molar-refractivity contribution is 7.99. The minimum Gasteiger partial charge on any atom is -0.324 e. The Hall–Kier alpha value is -2.86. The molecule has 0 saturated heterocycles. The van der Waals surface area contributed by atoms with Gasteiger partial charge in [0.05, 0.1) is 10.4 Å². The quantitative estimate of drug-likeness (QED) is 0.561. The van der Waals surface area contributed by atoms with Crippen molar-refractivity contribution in [2.45, 2.75) is 25.0 Å². The number of nitrogens with one attached hydrogen (secondary N) is 1. The molecule has 4 rings (SSSR count). The van der Waals surface area contributed by atoms with Crippen LogP contribution >= 0.6 is 11.8 Å². The van der Waals surface area contributed by atoms with Crippen LogP contribution in [0.3, 0.4) is 0 Å². The standard InChI is InChI=1S/C21H20N4OS/c1-14-7-5-8-17-16(14)12-25(18-9-4-3-6-15(18)2)19(23-17)13-27-20-10-11-22-21(26)24-20/h3-12,19H,13H2,1-2H3,(H,22,24,26). The van der Waals surface area contributed by atoms with Gasteiger partial charge in [-0.3, -0.25) is 4.99 Å². The molecule has 0 bridgehead atoms. The fraction of sp³-hybridized carbons (Fsp3) is 0.190. The minimum absolute atomic E-state index is 0.0675. The molecule has 1 aliphatic rings. The van der Waals surface area contributed by atoms with E-state index in [2.05, 4.69) is 59.2 Å². The number of para-hydroxylation sites is 1. The molecule has 6 heteroatoms. The maximum Gasteiger partial charge on any atom is 0.345 e. The first-order valence-electron chi connectivity index (χ1n) is 8.79. The van der Waals surface area contributed by atoms with Crippen LogP contribution in [0.25, 0.3) is 6.20 Å². The highest BCUT2D eigenvalue weighted by Crippen LogP contribution is 2.26. The summed E-state index contributed by atoms with van der Waals surface area (Å²) in [5, 5.41) is 2.96. The van der Waals surface area contributed by atoms with Gasteiger partial charge < -0.3 is 9.88 Å². The van der Waals surface area contributed by atoms with Gasteiger partial charge in [-0.2, -0.15) is 0 Å². The van der Waals surface area contributed by atoms with E-state index in [4.69, 9.17) is 4.99 Å². The summed E-state index contributed by atoms with van der Waals surface area (Å²) >= 11 is 1.57. The van der Waals surface area contributed by atoms with E-state index in [1.807, 2.05) is 24.3 Å². The fourth-order valence-corrected chi connectivity index (χ4v) is 4.08. The number of fused-ring (bicyclic) bond motifs is 1. The molecule has 1 N–H and O–H groups in total. The van der Waals surface area contributed by atoms with Crippen molar-refractivity contribution in [2.75, 3.05) is 10.7 Å². The monoisotopic (exact) mass is 376 g/mol. The summed E-state index contributed by atoms with van der Waals surface area (Å²) in [5.41, 5.74) is 3.22. The number of hydrogen-bond acceptors (Lipinski definition) is 5. The zero-order valence-electron chi connectivity index (χ0n) is 15.2. The normalized spacial score (nSPS) is 15.6. The van der Waals surface area contributed by atoms with E-state index >= 15 is 0 Å². The van der Waals surface area contributed by atoms with E-state index < -0.39 is 0 Å². The molecule has 1 atom stereocenters. The Morgan fingerprint density at radius 3 is 2.70 bits per heavy atom. The molecule has 1 aliphatic heterocycles. The van der Waals surface area contributed by atoms with Crippen molar-refractivity contribution in [1.29, 1.82) is 0 Å². The van der Waals surface area contributed by atoms with Crippen molar-refractivity contribution >= 4 is 23.6 Å². The van der Waals surface area contributed by atoms with Gasteiger partial charge in [0.1, 0.15) is 6.17 Å². The van der Waals surface area contributed by atoms with Crippen molar-refractivity contribution in [3.63, 3.8) is 0 Å². The third-order valence-electron chi connectivity index (χ3n) is 4.61. The SMILES string of the molecule is Cc1ccccc1N1C=c2c(C)cccc2=NC1CSc1ccnc(=O)[nH]1. The first-order valence-corrected chi connectivity index (χ1v) is 9.78. The molecule has 0 amide bonds. The maximum absolute atomic E-state index is 11.5. The van der Waals surface area contributed by atoms with Crippen LogP contribution in [0.1, 0.15) is 11.1 Å². The van der Waals surface area contributed by atoms with Gasteiger partial charge >= 0.3 is 5.69 Å². The summed E-state index contributed by atoms with van der Waals surface area (Å²) in [5.74, 6) is 0.707. The van der Waals surface area contributed by atoms with Crippen LogP contribution in [0.5, 0.6) is 0 Å². The molecular formula is C21H20N4OS. The Kier molecular flexibility index (Phi) is 4.81. The number of aromatic amines is 1. The van der Waals surface area contributed by atoms with E-state index in [0.29, 0.717) is 5.75 Å². The zero-order valence-corrected chi connectivity index (χ0v) is 16.0. The van der Waals surface area contributed by atoms with Crippen LogP contribution in [0.15, 0.2) is 69.5 Å². The van der Waals surface area contributed by atoms with Crippen molar-refractivity contribution in [3.8, 4) is 0 Å². The summed E-state index contributed by atoms with van der Waals surface area (Å²) < 4.78 is 0. The molecule has 136 valence electrons. The molecular weight excluding hydrogens is 356 g/mol. The number of anilines is 1. The molecule has 2 heterocycles. The molecule has 0 aliphatic carbocycles. The Morgan fingerprint density at radius 1 is 1.07 bits per heavy atom. The Bertz CT molecular complexity index is 1160. The van der Waals surface area contributed by atoms with Crippen LogP contribution in [-0.2, 0) is 0 Å². The molecule has 0 spiro atoms. The molecule has 0 saturated carbocycles. The van der Waals surface area contributed by atoms with E-state index in [0.717, 1.165) is 21.3 Å². The second kappa shape index (κ2) is 7.40. The van der Waals surface area contributed by atoms with E-state index in [1.54, 1.807) is 11.8 Å². The highest BCUT2D eigenvalue weighted by Gasteiger charge is 2.21. The van der Waals surface area contributed by atoms with Crippen molar-refractivity contribution in [3.05, 3.63) is 86.9 Å². The number of nitrogens with zero attached hydrogens (tertiary/aromatic N) is 3. The van der Waals surface area contributed by atoms with E-state index in [9.17, 15) is 4.79 Å². The minimum atomic E-state index is -0.330. The number of thioether (sulfide) groups is 1. The predicted octanol–water partition coefficient (Wildman–Crippen LogP) is 2.38.